The van der Waals surface area contributed by atoms with Gasteiger partial charge in [-0.2, -0.15) is 0 Å². The normalized spacial score (nSPS) is 14.8. The number of carbonyl (C=O) groups excluding carboxylic acids is 3. The fourth-order valence-corrected chi connectivity index (χ4v) is 1.42. The Labute approximate surface area is 117 Å². The molecular formula is C12H21NO7. The molecule has 0 aromatic carbocycles. The zero-order valence-electron chi connectivity index (χ0n) is 11.9. The Morgan fingerprint density at radius 2 is 1.55 bits per heavy atom. The molecular weight excluding hydrogens is 270 g/mol. The first-order chi connectivity index (χ1) is 9.33. The minimum atomic E-state index is -2.52. The van der Waals surface area contributed by atoms with Crippen molar-refractivity contribution in [3.8, 4) is 0 Å². The zero-order chi connectivity index (χ0) is 15.8. The Hall–Kier alpha value is -1.67. The van der Waals surface area contributed by atoms with Gasteiger partial charge in [-0.15, -0.1) is 0 Å². The molecule has 0 spiro atoms. The lowest BCUT2D eigenvalue weighted by Gasteiger charge is -2.29. The van der Waals surface area contributed by atoms with Crippen molar-refractivity contribution < 1.29 is 33.7 Å². The van der Waals surface area contributed by atoms with Gasteiger partial charge in [0.05, 0.1) is 26.2 Å². The molecule has 0 aliphatic rings. The van der Waals surface area contributed by atoms with Gasteiger partial charge in [0, 0.05) is 0 Å². The molecule has 20 heavy (non-hydrogen) atoms. The zero-order valence-corrected chi connectivity index (χ0v) is 11.9. The van der Waals surface area contributed by atoms with Crippen LogP contribution in [0.15, 0.2) is 0 Å². The largest absolute Gasteiger partial charge is 0.466 e. The summed E-state index contributed by atoms with van der Waals surface area (Å²) in [6.07, 6.45) is -0.792. The number of hydrogen-bond acceptors (Lipinski definition) is 8. The maximum absolute atomic E-state index is 11.8. The Kier molecular flexibility index (Phi) is 7.78. The summed E-state index contributed by atoms with van der Waals surface area (Å²) in [5, 5.41) is 10.3. The summed E-state index contributed by atoms with van der Waals surface area (Å²) in [7, 11) is 0. The molecule has 0 saturated heterocycles. The van der Waals surface area contributed by atoms with Crippen LogP contribution in [0.1, 0.15) is 27.2 Å². The molecule has 0 aliphatic carbocycles. The monoisotopic (exact) mass is 291 g/mol. The van der Waals surface area contributed by atoms with E-state index in [0.29, 0.717) is 0 Å². The third-order valence-corrected chi connectivity index (χ3v) is 2.40. The standard InChI is InChI=1S/C12H21NO7/c1-4-18-8(14)7-12(17,11(16)20-6-3)9(13)10(15)19-5-2/h9,17H,4-7,13H2,1-3H3. The van der Waals surface area contributed by atoms with Crippen molar-refractivity contribution >= 4 is 17.9 Å². The van der Waals surface area contributed by atoms with E-state index in [1.807, 2.05) is 0 Å². The van der Waals surface area contributed by atoms with Crippen molar-refractivity contribution in [2.45, 2.75) is 38.8 Å². The number of rotatable bonds is 8. The lowest BCUT2D eigenvalue weighted by molar-refractivity contribution is -0.179. The van der Waals surface area contributed by atoms with Crippen LogP contribution in [0.3, 0.4) is 0 Å². The lowest BCUT2D eigenvalue weighted by atomic mass is 9.91. The van der Waals surface area contributed by atoms with Gasteiger partial charge in [0.15, 0.2) is 5.60 Å². The number of esters is 3. The average Bonchev–Trinajstić information content (AvgIpc) is 2.38. The molecule has 0 radical (unpaired) electrons. The van der Waals surface area contributed by atoms with E-state index in [2.05, 4.69) is 14.2 Å². The molecule has 8 heteroatoms. The third-order valence-electron chi connectivity index (χ3n) is 2.40. The van der Waals surface area contributed by atoms with Crippen LogP contribution in [0.25, 0.3) is 0 Å². The quantitative estimate of drug-likeness (QED) is 0.436. The molecule has 0 aliphatic heterocycles. The van der Waals surface area contributed by atoms with Crippen LogP contribution in [-0.2, 0) is 28.6 Å². The summed E-state index contributed by atoms with van der Waals surface area (Å²) in [5.41, 5.74) is 3.00. The molecule has 116 valence electrons. The van der Waals surface area contributed by atoms with Crippen LogP contribution >= 0.6 is 0 Å². The number of ether oxygens (including phenoxy) is 3. The Morgan fingerprint density at radius 1 is 1.05 bits per heavy atom. The van der Waals surface area contributed by atoms with E-state index in [1.165, 1.54) is 6.92 Å². The summed E-state index contributed by atoms with van der Waals surface area (Å²) < 4.78 is 13.9. The van der Waals surface area contributed by atoms with E-state index >= 15 is 0 Å². The highest BCUT2D eigenvalue weighted by atomic mass is 16.6. The van der Waals surface area contributed by atoms with E-state index in [0.717, 1.165) is 0 Å². The van der Waals surface area contributed by atoms with Crippen LogP contribution in [0, 0.1) is 0 Å². The molecule has 0 aromatic rings. The van der Waals surface area contributed by atoms with Gasteiger partial charge in [-0.05, 0) is 20.8 Å². The second kappa shape index (κ2) is 8.49. The van der Waals surface area contributed by atoms with Gasteiger partial charge < -0.3 is 25.1 Å². The van der Waals surface area contributed by atoms with Crippen molar-refractivity contribution in [1.82, 2.24) is 0 Å². The summed E-state index contributed by atoms with van der Waals surface area (Å²) in [4.78, 5) is 34.8. The highest BCUT2D eigenvalue weighted by Gasteiger charge is 2.50. The molecule has 0 bridgehead atoms. The van der Waals surface area contributed by atoms with Gasteiger partial charge in [-0.3, -0.25) is 9.59 Å². The van der Waals surface area contributed by atoms with Crippen molar-refractivity contribution in [2.24, 2.45) is 5.73 Å². The van der Waals surface area contributed by atoms with Gasteiger partial charge in [-0.25, -0.2) is 4.79 Å². The topological polar surface area (TPSA) is 125 Å². The number of nitrogens with two attached hydrogens (primary N) is 1. The van der Waals surface area contributed by atoms with Crippen LogP contribution in [0.5, 0.6) is 0 Å². The van der Waals surface area contributed by atoms with Crippen LogP contribution in [-0.4, -0.2) is 54.5 Å². The van der Waals surface area contributed by atoms with Crippen LogP contribution in [0.2, 0.25) is 0 Å². The van der Waals surface area contributed by atoms with Crippen molar-refractivity contribution in [2.75, 3.05) is 19.8 Å². The minimum absolute atomic E-state index is 0.0187. The molecule has 3 N–H and O–H groups in total. The van der Waals surface area contributed by atoms with Gasteiger partial charge in [0.2, 0.25) is 0 Å². The Balaban J connectivity index is 5.18. The first kappa shape index (κ1) is 18.3. The van der Waals surface area contributed by atoms with E-state index < -0.39 is 36.0 Å². The highest BCUT2D eigenvalue weighted by molar-refractivity contribution is 5.93. The molecule has 0 amide bonds. The number of aliphatic hydroxyl groups is 1. The SMILES string of the molecule is CCOC(=O)CC(O)(C(=O)OCC)C(N)C(=O)OCC. The lowest BCUT2D eigenvalue weighted by Crippen LogP contribution is -2.60. The maximum atomic E-state index is 11.8. The van der Waals surface area contributed by atoms with E-state index in [9.17, 15) is 19.5 Å². The van der Waals surface area contributed by atoms with Gasteiger partial charge in [-0.1, -0.05) is 0 Å². The first-order valence-electron chi connectivity index (χ1n) is 6.30. The van der Waals surface area contributed by atoms with Crippen LogP contribution < -0.4 is 5.73 Å². The summed E-state index contributed by atoms with van der Waals surface area (Å²) in [5.74, 6) is -3.05. The average molecular weight is 291 g/mol. The Morgan fingerprint density at radius 3 is 2.00 bits per heavy atom. The molecule has 0 heterocycles. The first-order valence-corrected chi connectivity index (χ1v) is 6.30. The van der Waals surface area contributed by atoms with Gasteiger partial charge in [0.1, 0.15) is 6.04 Å². The molecule has 8 nitrogen and oxygen atoms in total. The highest BCUT2D eigenvalue weighted by Crippen LogP contribution is 2.19. The molecule has 2 unspecified atom stereocenters. The van der Waals surface area contributed by atoms with Crippen LogP contribution in [0.4, 0.5) is 0 Å². The van der Waals surface area contributed by atoms with E-state index in [4.69, 9.17) is 5.73 Å². The maximum Gasteiger partial charge on any atom is 0.341 e. The Bertz CT molecular complexity index is 358. The summed E-state index contributed by atoms with van der Waals surface area (Å²) in [6.45, 7) is 4.65. The van der Waals surface area contributed by atoms with E-state index in [-0.39, 0.29) is 19.8 Å². The van der Waals surface area contributed by atoms with Crippen molar-refractivity contribution in [1.29, 1.82) is 0 Å². The molecule has 0 saturated carbocycles. The smallest absolute Gasteiger partial charge is 0.341 e. The number of hydrogen-bond donors (Lipinski definition) is 2. The van der Waals surface area contributed by atoms with Gasteiger partial charge >= 0.3 is 17.9 Å². The second-order valence-electron chi connectivity index (χ2n) is 3.86. The van der Waals surface area contributed by atoms with Crippen molar-refractivity contribution in [3.05, 3.63) is 0 Å². The third kappa shape index (κ3) is 4.78. The predicted molar refractivity (Wildman–Crippen MR) is 67.4 cm³/mol. The fourth-order valence-electron chi connectivity index (χ4n) is 1.42. The molecule has 0 fully saturated rings. The van der Waals surface area contributed by atoms with Crippen molar-refractivity contribution in [3.63, 3.8) is 0 Å². The predicted octanol–water partition coefficient (Wildman–Crippen LogP) is -0.876. The number of carbonyl (C=O) groups is 3. The molecule has 0 aromatic heterocycles. The summed E-state index contributed by atoms with van der Waals surface area (Å²) >= 11 is 0. The second-order valence-corrected chi connectivity index (χ2v) is 3.86. The molecule has 0 rings (SSSR count). The van der Waals surface area contributed by atoms with Gasteiger partial charge in [0.25, 0.3) is 0 Å². The minimum Gasteiger partial charge on any atom is -0.466 e. The summed E-state index contributed by atoms with van der Waals surface area (Å²) in [6, 6.07) is -1.74. The van der Waals surface area contributed by atoms with E-state index in [1.54, 1.807) is 13.8 Å². The fraction of sp³-hybridized carbons (Fsp3) is 0.750. The molecule has 2 atom stereocenters.